The van der Waals surface area contributed by atoms with Crippen molar-refractivity contribution in [1.29, 1.82) is 0 Å². The smallest absolute Gasteiger partial charge is 0.378 e. The minimum Gasteiger partial charge on any atom is -0.378 e. The molecule has 3 aromatic rings. The molecule has 2 aliphatic heterocycles. The maximum Gasteiger partial charge on any atom is 0.421 e. The van der Waals surface area contributed by atoms with Crippen LogP contribution in [0.25, 0.3) is 11.1 Å². The first-order valence-electron chi connectivity index (χ1n) is 13.1. The molecule has 10 nitrogen and oxygen atoms in total. The number of H-pyrrole nitrogens is 1. The summed E-state index contributed by atoms with van der Waals surface area (Å²) in [7, 11) is 1.98. The topological polar surface area (TPSA) is 107 Å². The first-order valence-corrected chi connectivity index (χ1v) is 13.1. The summed E-state index contributed by atoms with van der Waals surface area (Å²) in [6, 6.07) is 3.35. The summed E-state index contributed by atoms with van der Waals surface area (Å²) in [6.45, 7) is 6.13. The number of nitrogens with zero attached hydrogens (tertiary/aromatic N) is 5. The van der Waals surface area contributed by atoms with Gasteiger partial charge in [-0.3, -0.25) is 9.59 Å². The Morgan fingerprint density at radius 1 is 1.07 bits per heavy atom. The van der Waals surface area contributed by atoms with Crippen molar-refractivity contribution in [3.8, 4) is 11.1 Å². The predicted octanol–water partition coefficient (Wildman–Crippen LogP) is 3.22. The van der Waals surface area contributed by atoms with Gasteiger partial charge in [-0.2, -0.15) is 13.2 Å². The molecular weight excluding hydrogens is 546 g/mol. The largest absolute Gasteiger partial charge is 0.421 e. The van der Waals surface area contributed by atoms with Gasteiger partial charge in [-0.05, 0) is 32.2 Å². The first-order chi connectivity index (χ1) is 19.5. The minimum absolute atomic E-state index is 0.109. The number of aromatic nitrogens is 3. The van der Waals surface area contributed by atoms with E-state index in [0.717, 1.165) is 6.20 Å². The van der Waals surface area contributed by atoms with Gasteiger partial charge in [0.05, 0.1) is 30.2 Å². The van der Waals surface area contributed by atoms with Crippen LogP contribution in [0, 0.1) is 5.82 Å². The van der Waals surface area contributed by atoms with Crippen molar-refractivity contribution in [2.75, 3.05) is 68.1 Å². The summed E-state index contributed by atoms with van der Waals surface area (Å²) in [5.74, 6) is -0.991. The molecule has 1 atom stereocenters. The number of carbonyl (C=O) groups is 1. The fourth-order valence-electron chi connectivity index (χ4n) is 4.82. The second-order valence-corrected chi connectivity index (χ2v) is 10.1. The zero-order valence-corrected chi connectivity index (χ0v) is 22.5. The average Bonchev–Trinajstić information content (AvgIpc) is 2.95. The molecule has 14 heteroatoms. The lowest BCUT2D eigenvalue weighted by molar-refractivity contribution is -0.138. The minimum atomic E-state index is -4.94. The molecule has 41 heavy (non-hydrogen) atoms. The van der Waals surface area contributed by atoms with E-state index in [-0.39, 0.29) is 17.3 Å². The summed E-state index contributed by atoms with van der Waals surface area (Å²) in [4.78, 5) is 41.6. The lowest BCUT2D eigenvalue weighted by Gasteiger charge is -2.39. The number of pyridine rings is 1. The Balaban J connectivity index is 1.51. The third-order valence-corrected chi connectivity index (χ3v) is 7.35. The van der Waals surface area contributed by atoms with Crippen LogP contribution in [0.3, 0.4) is 0 Å². The van der Waals surface area contributed by atoms with Crippen molar-refractivity contribution < 1.29 is 27.1 Å². The number of aromatic amines is 1. The molecule has 4 heterocycles. The van der Waals surface area contributed by atoms with Crippen molar-refractivity contribution in [1.82, 2.24) is 19.9 Å². The van der Waals surface area contributed by atoms with E-state index in [0.29, 0.717) is 69.2 Å². The van der Waals surface area contributed by atoms with E-state index >= 15 is 4.39 Å². The number of anilines is 3. The Bertz CT molecular complexity index is 1470. The molecule has 1 unspecified atom stereocenters. The molecule has 2 saturated heterocycles. The van der Waals surface area contributed by atoms with Crippen molar-refractivity contribution in [2.45, 2.75) is 19.1 Å². The normalized spacial score (nSPS) is 18.4. The standard InChI is InChI=1S/C27H29F4N7O3/c1-16-15-38(4-3-36(16)2)23-11-21(28)19(18-13-33-26(34-14-18)37-5-7-41-8-6-37)10-22(23)35-24(39)17-9-20(27(29,30)31)25(40)32-12-17/h9-14,16H,3-8,15H2,1-2H3,(H,32,40)(H,35,39). The number of carbonyl (C=O) groups excluding carboxylic acids is 1. The van der Waals surface area contributed by atoms with Crippen molar-refractivity contribution in [3.05, 3.63) is 64.1 Å². The SMILES string of the molecule is CC1CN(c2cc(F)c(-c3cnc(N4CCOCC4)nc3)cc2NC(=O)c2c[nH]c(=O)c(C(F)(F)F)c2)CCN1C. The van der Waals surface area contributed by atoms with Crippen LogP contribution >= 0.6 is 0 Å². The number of alkyl halides is 3. The molecule has 0 saturated carbocycles. The summed E-state index contributed by atoms with van der Waals surface area (Å²) in [5.41, 5.74) is -2.21. The van der Waals surface area contributed by atoms with Gasteiger partial charge in [0.25, 0.3) is 11.5 Å². The van der Waals surface area contributed by atoms with Crippen molar-refractivity contribution in [2.24, 2.45) is 0 Å². The molecule has 0 aliphatic carbocycles. The highest BCUT2D eigenvalue weighted by molar-refractivity contribution is 6.06. The molecule has 218 valence electrons. The summed E-state index contributed by atoms with van der Waals surface area (Å²) in [5, 5.41) is 2.64. The molecule has 0 radical (unpaired) electrons. The van der Waals surface area contributed by atoms with Crippen LogP contribution < -0.4 is 20.7 Å². The summed E-state index contributed by atoms with van der Waals surface area (Å²) < 4.78 is 60.8. The predicted molar refractivity (Wildman–Crippen MR) is 145 cm³/mol. The van der Waals surface area contributed by atoms with E-state index < -0.39 is 34.6 Å². The fourth-order valence-corrected chi connectivity index (χ4v) is 4.82. The van der Waals surface area contributed by atoms with Crippen LogP contribution in [0.15, 0.2) is 41.6 Å². The maximum absolute atomic E-state index is 15.6. The van der Waals surface area contributed by atoms with Gasteiger partial charge in [0.2, 0.25) is 5.95 Å². The Hall–Kier alpha value is -4.04. The number of hydrogen-bond acceptors (Lipinski definition) is 8. The highest BCUT2D eigenvalue weighted by atomic mass is 19.4. The first kappa shape index (κ1) is 28.5. The quantitative estimate of drug-likeness (QED) is 0.447. The molecule has 2 fully saturated rings. The zero-order valence-electron chi connectivity index (χ0n) is 22.5. The average molecular weight is 576 g/mol. The number of nitrogens with one attached hydrogen (secondary N) is 2. The van der Waals surface area contributed by atoms with Gasteiger partial charge in [-0.1, -0.05) is 0 Å². The van der Waals surface area contributed by atoms with Gasteiger partial charge in [-0.25, -0.2) is 14.4 Å². The van der Waals surface area contributed by atoms with Crippen LogP contribution in [0.4, 0.5) is 34.9 Å². The van der Waals surface area contributed by atoms with Gasteiger partial charge in [0.15, 0.2) is 0 Å². The maximum atomic E-state index is 15.6. The third-order valence-electron chi connectivity index (χ3n) is 7.35. The van der Waals surface area contributed by atoms with E-state index in [1.54, 1.807) is 0 Å². The number of morpholine rings is 1. The van der Waals surface area contributed by atoms with Crippen LogP contribution in [0.2, 0.25) is 0 Å². The summed E-state index contributed by atoms with van der Waals surface area (Å²) in [6.07, 6.45) is -1.07. The second-order valence-electron chi connectivity index (χ2n) is 10.1. The van der Waals surface area contributed by atoms with Crippen LogP contribution in [0.1, 0.15) is 22.8 Å². The number of ether oxygens (including phenoxy) is 1. The van der Waals surface area contributed by atoms with Crippen LogP contribution in [-0.2, 0) is 10.9 Å². The molecule has 2 aliphatic rings. The number of piperazine rings is 1. The van der Waals surface area contributed by atoms with E-state index in [9.17, 15) is 22.8 Å². The van der Waals surface area contributed by atoms with E-state index in [2.05, 4.69) is 20.2 Å². The number of halogens is 4. The van der Waals surface area contributed by atoms with E-state index in [1.165, 1.54) is 24.5 Å². The van der Waals surface area contributed by atoms with Gasteiger partial charge < -0.3 is 29.7 Å². The van der Waals surface area contributed by atoms with E-state index in [4.69, 9.17) is 4.74 Å². The third kappa shape index (κ3) is 6.17. The number of hydrogen-bond donors (Lipinski definition) is 2. The highest BCUT2D eigenvalue weighted by Gasteiger charge is 2.35. The van der Waals surface area contributed by atoms with Gasteiger partial charge in [-0.15, -0.1) is 0 Å². The fraction of sp³-hybridized carbons (Fsp3) is 0.407. The van der Waals surface area contributed by atoms with Crippen molar-refractivity contribution in [3.63, 3.8) is 0 Å². The monoisotopic (exact) mass is 575 g/mol. The lowest BCUT2D eigenvalue weighted by atomic mass is 10.0. The molecule has 1 amide bonds. The van der Waals surface area contributed by atoms with Crippen LogP contribution in [0.5, 0.6) is 0 Å². The highest BCUT2D eigenvalue weighted by Crippen LogP contribution is 2.36. The zero-order chi connectivity index (χ0) is 29.3. The van der Waals surface area contributed by atoms with Gasteiger partial charge in [0, 0.05) is 68.5 Å². The Morgan fingerprint density at radius 3 is 2.44 bits per heavy atom. The van der Waals surface area contributed by atoms with Crippen LogP contribution in [-0.4, -0.2) is 84.8 Å². The molecule has 5 rings (SSSR count). The molecule has 2 aromatic heterocycles. The Labute approximate surface area is 233 Å². The van der Waals surface area contributed by atoms with Gasteiger partial charge >= 0.3 is 6.18 Å². The number of likely N-dealkylation sites (N-methyl/N-ethyl adjacent to an activating group) is 1. The number of rotatable bonds is 5. The van der Waals surface area contributed by atoms with E-state index in [1.807, 2.05) is 28.8 Å². The van der Waals surface area contributed by atoms with Gasteiger partial charge in [0.1, 0.15) is 11.4 Å². The molecule has 2 N–H and O–H groups in total. The molecule has 0 bridgehead atoms. The lowest BCUT2D eigenvalue weighted by Crippen LogP contribution is -2.50. The Morgan fingerprint density at radius 2 is 1.78 bits per heavy atom. The Kier molecular flexibility index (Phi) is 7.95. The number of amides is 1. The number of benzene rings is 1. The molecular formula is C27H29F4N7O3. The molecule has 0 spiro atoms. The molecule has 1 aromatic carbocycles. The summed E-state index contributed by atoms with van der Waals surface area (Å²) >= 11 is 0. The second kappa shape index (κ2) is 11.4. The van der Waals surface area contributed by atoms with Crippen molar-refractivity contribution >= 4 is 23.2 Å².